The Morgan fingerprint density at radius 3 is 2.67 bits per heavy atom. The van der Waals surface area contributed by atoms with E-state index in [0.717, 1.165) is 5.39 Å². The summed E-state index contributed by atoms with van der Waals surface area (Å²) in [4.78, 5) is 31.2. The van der Waals surface area contributed by atoms with Crippen LogP contribution in [0.3, 0.4) is 0 Å². The van der Waals surface area contributed by atoms with E-state index in [1.54, 1.807) is 36.5 Å². The molecule has 0 unspecified atom stereocenters. The van der Waals surface area contributed by atoms with Crippen molar-refractivity contribution in [2.24, 2.45) is 0 Å². The van der Waals surface area contributed by atoms with E-state index in [-0.39, 0.29) is 17.7 Å². The Morgan fingerprint density at radius 1 is 1.20 bits per heavy atom. The molecule has 2 heterocycles. The van der Waals surface area contributed by atoms with E-state index >= 15 is 0 Å². The molecule has 1 aromatic carbocycles. The maximum atomic E-state index is 12.7. The molecule has 158 valence electrons. The van der Waals surface area contributed by atoms with Crippen molar-refractivity contribution in [2.45, 2.75) is 32.9 Å². The van der Waals surface area contributed by atoms with Crippen LogP contribution in [0.2, 0.25) is 5.02 Å². The second-order valence-electron chi connectivity index (χ2n) is 7.00. The Hall–Kier alpha value is -3.26. The standard InChI is InChI=1S/C21H23ClN4O4/c1-11(2)30-18-10-17-13(8-16(18)22)7-15(20(27)26-17)12(3)24-19-9-14(5-6-23-19)25-21(28)29-4/h5-12H,1-4H3,(H,26,27)(H2,23,24,25,28)/t12-/m0/s1. The molecule has 30 heavy (non-hydrogen) atoms. The number of rotatable bonds is 6. The predicted molar refractivity (Wildman–Crippen MR) is 118 cm³/mol. The summed E-state index contributed by atoms with van der Waals surface area (Å²) in [6, 6.07) is 8.20. The quantitative estimate of drug-likeness (QED) is 0.522. The zero-order chi connectivity index (χ0) is 21.8. The minimum Gasteiger partial charge on any atom is -0.489 e. The van der Waals surface area contributed by atoms with Gasteiger partial charge in [0.25, 0.3) is 5.56 Å². The van der Waals surface area contributed by atoms with Crippen LogP contribution in [0.1, 0.15) is 32.4 Å². The lowest BCUT2D eigenvalue weighted by Crippen LogP contribution is -2.20. The Labute approximate surface area is 178 Å². The number of aromatic amines is 1. The zero-order valence-electron chi connectivity index (χ0n) is 17.1. The summed E-state index contributed by atoms with van der Waals surface area (Å²) in [5, 5.41) is 6.99. The summed E-state index contributed by atoms with van der Waals surface area (Å²) < 4.78 is 10.3. The number of carbonyl (C=O) groups excluding carboxylic acids is 1. The van der Waals surface area contributed by atoms with Crippen LogP contribution in [0.15, 0.2) is 41.3 Å². The van der Waals surface area contributed by atoms with E-state index in [1.165, 1.54) is 7.11 Å². The van der Waals surface area contributed by atoms with Crippen molar-refractivity contribution >= 4 is 40.1 Å². The van der Waals surface area contributed by atoms with E-state index in [1.807, 2.05) is 20.8 Å². The van der Waals surface area contributed by atoms with Crippen molar-refractivity contribution in [3.8, 4) is 5.75 Å². The summed E-state index contributed by atoms with van der Waals surface area (Å²) in [5.41, 5.74) is 1.44. The molecule has 0 aliphatic rings. The van der Waals surface area contributed by atoms with Crippen LogP contribution in [0.5, 0.6) is 5.75 Å². The molecule has 0 aliphatic heterocycles. The van der Waals surface area contributed by atoms with Crippen LogP contribution < -0.4 is 20.9 Å². The number of nitrogens with one attached hydrogen (secondary N) is 3. The molecule has 8 nitrogen and oxygen atoms in total. The maximum Gasteiger partial charge on any atom is 0.411 e. The SMILES string of the molecule is COC(=O)Nc1ccnc(N[C@@H](C)c2cc3cc(Cl)c(OC(C)C)cc3[nH]c2=O)c1. The number of ether oxygens (including phenoxy) is 2. The van der Waals surface area contributed by atoms with Crippen LogP contribution in [0.4, 0.5) is 16.3 Å². The van der Waals surface area contributed by atoms with Gasteiger partial charge in [-0.05, 0) is 39.0 Å². The topological polar surface area (TPSA) is 105 Å². The first-order valence-corrected chi connectivity index (χ1v) is 9.75. The van der Waals surface area contributed by atoms with Gasteiger partial charge in [-0.15, -0.1) is 0 Å². The van der Waals surface area contributed by atoms with Crippen LogP contribution in [-0.4, -0.2) is 29.3 Å². The predicted octanol–water partition coefficient (Wildman–Crippen LogP) is 4.72. The van der Waals surface area contributed by atoms with Crippen LogP contribution in [0, 0.1) is 0 Å². The van der Waals surface area contributed by atoms with Gasteiger partial charge in [0.05, 0.1) is 29.8 Å². The number of amides is 1. The summed E-state index contributed by atoms with van der Waals surface area (Å²) in [6.45, 7) is 5.66. The lowest BCUT2D eigenvalue weighted by molar-refractivity contribution is 0.187. The number of fused-ring (bicyclic) bond motifs is 1. The molecular weight excluding hydrogens is 408 g/mol. The number of carbonyl (C=O) groups is 1. The first-order valence-electron chi connectivity index (χ1n) is 9.37. The third-order valence-electron chi connectivity index (χ3n) is 4.31. The highest BCUT2D eigenvalue weighted by molar-refractivity contribution is 6.32. The number of halogens is 1. The van der Waals surface area contributed by atoms with Gasteiger partial charge in [-0.25, -0.2) is 9.78 Å². The molecule has 0 saturated carbocycles. The molecule has 0 aliphatic carbocycles. The minimum absolute atomic E-state index is 0.0351. The van der Waals surface area contributed by atoms with Crippen molar-refractivity contribution in [1.82, 2.24) is 9.97 Å². The zero-order valence-corrected chi connectivity index (χ0v) is 17.8. The number of pyridine rings is 2. The Bertz CT molecular complexity index is 1130. The number of H-pyrrole nitrogens is 1. The highest BCUT2D eigenvalue weighted by Crippen LogP contribution is 2.30. The molecule has 9 heteroatoms. The van der Waals surface area contributed by atoms with Gasteiger partial charge in [-0.2, -0.15) is 0 Å². The first-order chi connectivity index (χ1) is 14.3. The first kappa shape index (κ1) is 21.4. The second kappa shape index (κ2) is 9.04. The molecule has 0 fully saturated rings. The fraction of sp³-hybridized carbons (Fsp3) is 0.286. The van der Waals surface area contributed by atoms with Gasteiger partial charge in [0.2, 0.25) is 0 Å². The number of nitrogens with zero attached hydrogens (tertiary/aromatic N) is 1. The molecule has 0 spiro atoms. The van der Waals surface area contributed by atoms with Gasteiger partial charge < -0.3 is 19.8 Å². The van der Waals surface area contributed by atoms with E-state index in [4.69, 9.17) is 16.3 Å². The van der Waals surface area contributed by atoms with Crippen molar-refractivity contribution in [1.29, 1.82) is 0 Å². The van der Waals surface area contributed by atoms with Crippen LogP contribution in [0.25, 0.3) is 10.9 Å². The number of hydrogen-bond donors (Lipinski definition) is 3. The molecule has 1 amide bonds. The number of aromatic nitrogens is 2. The van der Waals surface area contributed by atoms with Crippen molar-refractivity contribution in [2.75, 3.05) is 17.7 Å². The van der Waals surface area contributed by atoms with Gasteiger partial charge >= 0.3 is 6.09 Å². The maximum absolute atomic E-state index is 12.7. The van der Waals surface area contributed by atoms with Gasteiger partial charge in [0, 0.05) is 35.0 Å². The molecule has 3 rings (SSSR count). The average molecular weight is 431 g/mol. The third-order valence-corrected chi connectivity index (χ3v) is 4.61. The van der Waals surface area contributed by atoms with Gasteiger partial charge in [-0.1, -0.05) is 11.6 Å². The molecule has 1 atom stereocenters. The van der Waals surface area contributed by atoms with Gasteiger partial charge in [0.15, 0.2) is 0 Å². The van der Waals surface area contributed by atoms with Crippen molar-refractivity contribution in [3.05, 3.63) is 57.5 Å². The summed E-state index contributed by atoms with van der Waals surface area (Å²) in [5.74, 6) is 1.02. The summed E-state index contributed by atoms with van der Waals surface area (Å²) in [7, 11) is 1.29. The largest absolute Gasteiger partial charge is 0.489 e. The van der Waals surface area contributed by atoms with Crippen molar-refractivity contribution in [3.63, 3.8) is 0 Å². The summed E-state index contributed by atoms with van der Waals surface area (Å²) >= 11 is 6.33. The van der Waals surface area contributed by atoms with Gasteiger partial charge in [-0.3, -0.25) is 10.1 Å². The molecular formula is C21H23ClN4O4. The Morgan fingerprint density at radius 2 is 1.97 bits per heavy atom. The minimum atomic E-state index is -0.580. The highest BCUT2D eigenvalue weighted by Gasteiger charge is 2.14. The number of methoxy groups -OCH3 is 1. The van der Waals surface area contributed by atoms with Crippen LogP contribution in [-0.2, 0) is 4.74 Å². The highest BCUT2D eigenvalue weighted by atomic mass is 35.5. The lowest BCUT2D eigenvalue weighted by atomic mass is 10.1. The van der Waals surface area contributed by atoms with Crippen LogP contribution >= 0.6 is 11.6 Å². The molecule has 3 N–H and O–H groups in total. The Balaban J connectivity index is 1.87. The van der Waals surface area contributed by atoms with E-state index in [9.17, 15) is 9.59 Å². The molecule has 3 aromatic rings. The Kier molecular flexibility index (Phi) is 6.47. The van der Waals surface area contributed by atoms with E-state index < -0.39 is 6.09 Å². The third kappa shape index (κ3) is 5.01. The normalized spacial score (nSPS) is 11.9. The molecule has 0 bridgehead atoms. The fourth-order valence-corrected chi connectivity index (χ4v) is 3.16. The molecule has 0 radical (unpaired) electrons. The molecule has 2 aromatic heterocycles. The van der Waals surface area contributed by atoms with E-state index in [0.29, 0.717) is 33.4 Å². The lowest BCUT2D eigenvalue weighted by Gasteiger charge is -2.16. The fourth-order valence-electron chi connectivity index (χ4n) is 2.95. The summed E-state index contributed by atoms with van der Waals surface area (Å²) in [6.07, 6.45) is 0.928. The number of hydrogen-bond acceptors (Lipinski definition) is 6. The van der Waals surface area contributed by atoms with E-state index in [2.05, 4.69) is 25.3 Å². The smallest absolute Gasteiger partial charge is 0.411 e. The molecule has 0 saturated heterocycles. The number of anilines is 2. The second-order valence-corrected chi connectivity index (χ2v) is 7.41. The van der Waals surface area contributed by atoms with Crippen molar-refractivity contribution < 1.29 is 14.3 Å². The average Bonchev–Trinajstić information content (AvgIpc) is 2.68. The van der Waals surface area contributed by atoms with Gasteiger partial charge in [0.1, 0.15) is 11.6 Å². The monoisotopic (exact) mass is 430 g/mol. The number of benzene rings is 1.